The highest BCUT2D eigenvalue weighted by molar-refractivity contribution is 5.46. The van der Waals surface area contributed by atoms with Gasteiger partial charge in [0.25, 0.3) is 0 Å². The minimum absolute atomic E-state index is 0.335. The second kappa shape index (κ2) is 4.77. The second-order valence-electron chi connectivity index (χ2n) is 6.51. The van der Waals surface area contributed by atoms with Crippen LogP contribution < -0.4 is 5.32 Å². The number of carbonyl (C=O) groups is 1. The molecular formula is C14H25NO. The van der Waals surface area contributed by atoms with Crippen molar-refractivity contribution >= 4 is 6.41 Å². The van der Waals surface area contributed by atoms with Crippen LogP contribution in [0.2, 0.25) is 0 Å². The van der Waals surface area contributed by atoms with E-state index < -0.39 is 0 Å². The molecule has 0 aromatic rings. The summed E-state index contributed by atoms with van der Waals surface area (Å²) in [5.41, 5.74) is 0.476. The van der Waals surface area contributed by atoms with Gasteiger partial charge in [0.2, 0.25) is 6.41 Å². The van der Waals surface area contributed by atoms with E-state index in [1.807, 2.05) is 0 Å². The smallest absolute Gasteiger partial charge is 0.207 e. The zero-order chi connectivity index (χ0) is 11.6. The van der Waals surface area contributed by atoms with Crippen LogP contribution in [0.3, 0.4) is 0 Å². The summed E-state index contributed by atoms with van der Waals surface area (Å²) in [5.74, 6) is 1.95. The van der Waals surface area contributed by atoms with Crippen molar-refractivity contribution < 1.29 is 4.79 Å². The lowest BCUT2D eigenvalue weighted by Crippen LogP contribution is -2.38. The Bertz CT molecular complexity index is 239. The summed E-state index contributed by atoms with van der Waals surface area (Å²) in [5, 5.41) is 2.90. The second-order valence-corrected chi connectivity index (χ2v) is 6.51. The van der Waals surface area contributed by atoms with Crippen molar-refractivity contribution in [3.8, 4) is 0 Å². The molecule has 2 aliphatic carbocycles. The molecule has 2 rings (SSSR count). The predicted octanol–water partition coefficient (Wildman–Crippen LogP) is 3.12. The Morgan fingerprint density at radius 2 is 2.00 bits per heavy atom. The molecule has 1 amide bonds. The maximum absolute atomic E-state index is 10.4. The van der Waals surface area contributed by atoms with Gasteiger partial charge in [-0.2, -0.15) is 0 Å². The van der Waals surface area contributed by atoms with Gasteiger partial charge >= 0.3 is 0 Å². The highest BCUT2D eigenvalue weighted by Gasteiger charge is 2.39. The molecule has 0 radical (unpaired) electrons. The lowest BCUT2D eigenvalue weighted by molar-refractivity contribution is -0.110. The normalized spacial score (nSPS) is 40.1. The van der Waals surface area contributed by atoms with E-state index in [9.17, 15) is 4.79 Å². The molecule has 0 saturated heterocycles. The van der Waals surface area contributed by atoms with Crippen LogP contribution in [0.4, 0.5) is 0 Å². The largest absolute Gasteiger partial charge is 0.356 e. The lowest BCUT2D eigenvalue weighted by Gasteiger charge is -2.46. The van der Waals surface area contributed by atoms with Crippen molar-refractivity contribution in [2.45, 2.75) is 64.8 Å². The molecule has 2 fully saturated rings. The molecule has 2 heteroatoms. The van der Waals surface area contributed by atoms with Gasteiger partial charge < -0.3 is 5.32 Å². The summed E-state index contributed by atoms with van der Waals surface area (Å²) >= 11 is 0. The van der Waals surface area contributed by atoms with Crippen molar-refractivity contribution in [3.05, 3.63) is 0 Å². The van der Waals surface area contributed by atoms with E-state index in [0.717, 1.165) is 24.7 Å². The van der Waals surface area contributed by atoms with E-state index in [-0.39, 0.29) is 0 Å². The van der Waals surface area contributed by atoms with Crippen LogP contribution in [0, 0.1) is 17.3 Å². The van der Waals surface area contributed by atoms with Crippen LogP contribution in [0.5, 0.6) is 0 Å². The molecule has 2 aliphatic rings. The maximum Gasteiger partial charge on any atom is 0.207 e. The third-order valence-corrected chi connectivity index (χ3v) is 4.61. The zero-order valence-electron chi connectivity index (χ0n) is 10.7. The summed E-state index contributed by atoms with van der Waals surface area (Å²) in [6.07, 6.45) is 10.6. The van der Waals surface area contributed by atoms with E-state index >= 15 is 0 Å². The molecule has 0 aromatic carbocycles. The highest BCUT2D eigenvalue weighted by atomic mass is 16.1. The topological polar surface area (TPSA) is 29.1 Å². The standard InChI is InChI=1S/C14H25NO/c1-11(15-10-16)7-14(2)8-12-4-3-5-13(6-12)9-14/h10-13H,3-9H2,1-2H3,(H,15,16). The summed E-state index contributed by atoms with van der Waals surface area (Å²) in [7, 11) is 0. The molecule has 3 atom stereocenters. The number of rotatable bonds is 4. The van der Waals surface area contributed by atoms with Crippen molar-refractivity contribution in [1.29, 1.82) is 0 Å². The van der Waals surface area contributed by atoms with E-state index in [2.05, 4.69) is 19.2 Å². The fourth-order valence-corrected chi connectivity index (χ4v) is 4.33. The Morgan fingerprint density at radius 3 is 2.56 bits per heavy atom. The Balaban J connectivity index is 1.93. The fraction of sp³-hybridized carbons (Fsp3) is 0.929. The SMILES string of the molecule is CC(CC1(C)CC2CCCC(C2)C1)NC=O. The van der Waals surface area contributed by atoms with Gasteiger partial charge in [-0.1, -0.05) is 26.2 Å². The van der Waals surface area contributed by atoms with Crippen molar-refractivity contribution in [2.24, 2.45) is 17.3 Å². The summed E-state index contributed by atoms with van der Waals surface area (Å²) in [6.45, 7) is 4.56. The first kappa shape index (κ1) is 11.9. The molecule has 0 heterocycles. The summed E-state index contributed by atoms with van der Waals surface area (Å²) < 4.78 is 0. The van der Waals surface area contributed by atoms with Crippen LogP contribution in [-0.2, 0) is 4.79 Å². The minimum atomic E-state index is 0.335. The Hall–Kier alpha value is -0.530. The Morgan fingerprint density at radius 1 is 1.38 bits per heavy atom. The van der Waals surface area contributed by atoms with Crippen LogP contribution in [0.1, 0.15) is 58.8 Å². The van der Waals surface area contributed by atoms with Gasteiger partial charge in [0.05, 0.1) is 0 Å². The predicted molar refractivity (Wildman–Crippen MR) is 66.1 cm³/mol. The van der Waals surface area contributed by atoms with E-state index in [1.54, 1.807) is 0 Å². The van der Waals surface area contributed by atoms with Gasteiger partial charge in [-0.05, 0) is 49.9 Å². The van der Waals surface area contributed by atoms with Gasteiger partial charge in [-0.15, -0.1) is 0 Å². The first-order valence-corrected chi connectivity index (χ1v) is 6.81. The molecule has 1 N–H and O–H groups in total. The third-order valence-electron chi connectivity index (χ3n) is 4.61. The molecule has 3 unspecified atom stereocenters. The maximum atomic E-state index is 10.4. The number of amides is 1. The van der Waals surface area contributed by atoms with E-state index in [4.69, 9.17) is 0 Å². The van der Waals surface area contributed by atoms with Gasteiger partial charge in [0.15, 0.2) is 0 Å². The molecule has 0 aromatic heterocycles. The molecular weight excluding hydrogens is 198 g/mol. The Labute approximate surface area is 99.2 Å². The number of fused-ring (bicyclic) bond motifs is 2. The van der Waals surface area contributed by atoms with Gasteiger partial charge in [-0.25, -0.2) is 0 Å². The van der Waals surface area contributed by atoms with Crippen molar-refractivity contribution in [3.63, 3.8) is 0 Å². The van der Waals surface area contributed by atoms with Crippen molar-refractivity contribution in [2.75, 3.05) is 0 Å². The van der Waals surface area contributed by atoms with Crippen LogP contribution in [0.15, 0.2) is 0 Å². The molecule has 0 aliphatic heterocycles. The molecule has 2 bridgehead atoms. The number of hydrogen-bond donors (Lipinski definition) is 1. The van der Waals surface area contributed by atoms with Crippen LogP contribution >= 0.6 is 0 Å². The van der Waals surface area contributed by atoms with Gasteiger partial charge in [0, 0.05) is 6.04 Å². The minimum Gasteiger partial charge on any atom is -0.356 e. The van der Waals surface area contributed by atoms with Gasteiger partial charge in [-0.3, -0.25) is 4.79 Å². The molecule has 0 spiro atoms. The number of hydrogen-bond acceptors (Lipinski definition) is 1. The molecule has 92 valence electrons. The van der Waals surface area contributed by atoms with Crippen LogP contribution in [-0.4, -0.2) is 12.5 Å². The molecule has 2 nitrogen and oxygen atoms in total. The average Bonchev–Trinajstić information content (AvgIpc) is 2.15. The third kappa shape index (κ3) is 2.78. The number of nitrogens with one attached hydrogen (secondary N) is 1. The Kier molecular flexibility index (Phi) is 3.56. The first-order chi connectivity index (χ1) is 7.61. The summed E-state index contributed by atoms with van der Waals surface area (Å²) in [4.78, 5) is 10.4. The lowest BCUT2D eigenvalue weighted by atomic mass is 9.60. The highest BCUT2D eigenvalue weighted by Crippen LogP contribution is 2.50. The average molecular weight is 223 g/mol. The molecule has 16 heavy (non-hydrogen) atoms. The van der Waals surface area contributed by atoms with E-state index in [0.29, 0.717) is 11.5 Å². The number of carbonyl (C=O) groups excluding carboxylic acids is 1. The van der Waals surface area contributed by atoms with Crippen molar-refractivity contribution in [1.82, 2.24) is 5.32 Å². The monoisotopic (exact) mass is 223 g/mol. The summed E-state index contributed by atoms with van der Waals surface area (Å²) in [6, 6.07) is 0.335. The van der Waals surface area contributed by atoms with E-state index in [1.165, 1.54) is 38.5 Å². The van der Waals surface area contributed by atoms with Crippen LogP contribution in [0.25, 0.3) is 0 Å². The quantitative estimate of drug-likeness (QED) is 0.729. The molecule has 2 saturated carbocycles. The van der Waals surface area contributed by atoms with Gasteiger partial charge in [0.1, 0.15) is 0 Å². The first-order valence-electron chi connectivity index (χ1n) is 6.81. The fourth-order valence-electron chi connectivity index (χ4n) is 4.33. The zero-order valence-corrected chi connectivity index (χ0v) is 10.7.